The molecule has 0 bridgehead atoms. The van der Waals surface area contributed by atoms with Gasteiger partial charge in [-0.3, -0.25) is 0 Å². The lowest BCUT2D eigenvalue weighted by Crippen LogP contribution is -2.30. The highest BCUT2D eigenvalue weighted by molar-refractivity contribution is 5.52. The van der Waals surface area contributed by atoms with Gasteiger partial charge in [-0.15, -0.1) is 0 Å². The summed E-state index contributed by atoms with van der Waals surface area (Å²) >= 11 is 0. The molecule has 1 unspecified atom stereocenters. The molecule has 1 atom stereocenters. The number of ether oxygens (including phenoxy) is 3. The van der Waals surface area contributed by atoms with Crippen molar-refractivity contribution in [1.82, 2.24) is 5.32 Å². The van der Waals surface area contributed by atoms with Gasteiger partial charge in [0.25, 0.3) is 0 Å². The average Bonchev–Trinajstić information content (AvgIpc) is 2.79. The third-order valence-corrected chi connectivity index (χ3v) is 5.32. The molecule has 3 aromatic carbocycles. The number of benzene rings is 3. The van der Waals surface area contributed by atoms with Gasteiger partial charge in [0.1, 0.15) is 12.4 Å². The molecular formula is C26H29NO3. The molecule has 1 heterocycles. The van der Waals surface area contributed by atoms with Gasteiger partial charge in [-0.2, -0.15) is 0 Å². The fourth-order valence-corrected chi connectivity index (χ4v) is 3.90. The van der Waals surface area contributed by atoms with Crippen molar-refractivity contribution in [3.63, 3.8) is 0 Å². The molecule has 1 aliphatic rings. The van der Waals surface area contributed by atoms with Crippen molar-refractivity contribution in [2.45, 2.75) is 32.9 Å². The highest BCUT2D eigenvalue weighted by Gasteiger charge is 2.24. The maximum absolute atomic E-state index is 5.94. The SMILES string of the molecule is CCOc1cc2c(cc1OCC)C(c1ccc(OCc3ccccc3)cc1)NCC2. The van der Waals surface area contributed by atoms with E-state index in [0.717, 1.165) is 35.8 Å². The summed E-state index contributed by atoms with van der Waals surface area (Å²) in [6.45, 7) is 6.75. The van der Waals surface area contributed by atoms with Crippen LogP contribution in [-0.4, -0.2) is 19.8 Å². The summed E-state index contributed by atoms with van der Waals surface area (Å²) in [5, 5.41) is 3.65. The molecule has 0 aliphatic carbocycles. The minimum Gasteiger partial charge on any atom is -0.490 e. The van der Waals surface area contributed by atoms with Gasteiger partial charge >= 0.3 is 0 Å². The zero-order chi connectivity index (χ0) is 20.8. The van der Waals surface area contributed by atoms with Gasteiger partial charge in [-0.05, 0) is 66.8 Å². The highest BCUT2D eigenvalue weighted by atomic mass is 16.5. The van der Waals surface area contributed by atoms with Crippen LogP contribution in [0.2, 0.25) is 0 Å². The van der Waals surface area contributed by atoms with Crippen LogP contribution in [0.1, 0.15) is 42.1 Å². The lowest BCUT2D eigenvalue weighted by molar-refractivity contribution is 0.286. The Balaban J connectivity index is 1.54. The first-order valence-corrected chi connectivity index (χ1v) is 10.7. The first kappa shape index (κ1) is 20.3. The molecule has 30 heavy (non-hydrogen) atoms. The molecular weight excluding hydrogens is 374 g/mol. The molecule has 4 heteroatoms. The van der Waals surface area contributed by atoms with E-state index in [2.05, 4.69) is 41.7 Å². The van der Waals surface area contributed by atoms with Crippen molar-refractivity contribution < 1.29 is 14.2 Å². The van der Waals surface area contributed by atoms with Crippen LogP contribution in [0.3, 0.4) is 0 Å². The predicted molar refractivity (Wildman–Crippen MR) is 120 cm³/mol. The summed E-state index contributed by atoms with van der Waals surface area (Å²) in [5.74, 6) is 2.53. The second-order valence-corrected chi connectivity index (χ2v) is 7.34. The third kappa shape index (κ3) is 4.60. The zero-order valence-corrected chi connectivity index (χ0v) is 17.7. The molecule has 1 N–H and O–H groups in total. The first-order valence-electron chi connectivity index (χ1n) is 10.7. The topological polar surface area (TPSA) is 39.7 Å². The average molecular weight is 404 g/mol. The van der Waals surface area contributed by atoms with E-state index in [0.29, 0.717) is 19.8 Å². The number of hydrogen-bond acceptors (Lipinski definition) is 4. The Morgan fingerprint density at radius 1 is 0.833 bits per heavy atom. The highest BCUT2D eigenvalue weighted by Crippen LogP contribution is 2.38. The van der Waals surface area contributed by atoms with E-state index in [1.54, 1.807) is 0 Å². The normalized spacial score (nSPS) is 15.3. The Hall–Kier alpha value is -2.98. The number of rotatable bonds is 8. The van der Waals surface area contributed by atoms with Crippen LogP contribution in [0.4, 0.5) is 0 Å². The standard InChI is InChI=1S/C26H29NO3/c1-3-28-24-16-21-14-15-27-26(23(21)17-25(24)29-4-2)20-10-12-22(13-11-20)30-18-19-8-6-5-7-9-19/h5-13,16-17,26-27H,3-4,14-15,18H2,1-2H3. The van der Waals surface area contributed by atoms with Crippen LogP contribution < -0.4 is 19.5 Å². The van der Waals surface area contributed by atoms with E-state index in [1.165, 1.54) is 16.7 Å². The molecule has 1 aliphatic heterocycles. The van der Waals surface area contributed by atoms with Crippen molar-refractivity contribution in [3.8, 4) is 17.2 Å². The minimum atomic E-state index is 0.131. The summed E-state index contributed by atoms with van der Waals surface area (Å²) in [4.78, 5) is 0. The summed E-state index contributed by atoms with van der Waals surface area (Å²) in [6, 6.07) is 23.0. The van der Waals surface area contributed by atoms with Crippen LogP contribution in [0.25, 0.3) is 0 Å². The van der Waals surface area contributed by atoms with Crippen molar-refractivity contribution in [2.24, 2.45) is 0 Å². The molecule has 0 amide bonds. The number of nitrogens with one attached hydrogen (secondary N) is 1. The Kier molecular flexibility index (Phi) is 6.55. The van der Waals surface area contributed by atoms with Gasteiger partial charge < -0.3 is 19.5 Å². The molecule has 0 spiro atoms. The van der Waals surface area contributed by atoms with Crippen molar-refractivity contribution in [2.75, 3.05) is 19.8 Å². The van der Waals surface area contributed by atoms with Crippen LogP contribution in [-0.2, 0) is 13.0 Å². The van der Waals surface area contributed by atoms with E-state index in [9.17, 15) is 0 Å². The Morgan fingerprint density at radius 2 is 1.53 bits per heavy atom. The smallest absolute Gasteiger partial charge is 0.161 e. The zero-order valence-electron chi connectivity index (χ0n) is 17.7. The quantitative estimate of drug-likeness (QED) is 0.554. The van der Waals surface area contributed by atoms with E-state index < -0.39 is 0 Å². The molecule has 0 radical (unpaired) electrons. The summed E-state index contributed by atoms with van der Waals surface area (Å²) < 4.78 is 17.6. The summed E-state index contributed by atoms with van der Waals surface area (Å²) in [7, 11) is 0. The maximum Gasteiger partial charge on any atom is 0.161 e. The Bertz CT molecular complexity index is 954. The first-order chi connectivity index (χ1) is 14.8. The second-order valence-electron chi connectivity index (χ2n) is 7.34. The molecule has 4 rings (SSSR count). The van der Waals surface area contributed by atoms with Crippen molar-refractivity contribution in [1.29, 1.82) is 0 Å². The van der Waals surface area contributed by atoms with Gasteiger partial charge in [-0.1, -0.05) is 42.5 Å². The second kappa shape index (κ2) is 9.68. The van der Waals surface area contributed by atoms with Crippen LogP contribution in [0, 0.1) is 0 Å². The molecule has 0 fully saturated rings. The monoisotopic (exact) mass is 403 g/mol. The fourth-order valence-electron chi connectivity index (χ4n) is 3.90. The summed E-state index contributed by atoms with van der Waals surface area (Å²) in [6.07, 6.45) is 0.983. The molecule has 0 aromatic heterocycles. The van der Waals surface area contributed by atoms with Gasteiger partial charge in [0.2, 0.25) is 0 Å². The van der Waals surface area contributed by atoms with E-state index in [1.807, 2.05) is 44.2 Å². The predicted octanol–water partition coefficient (Wildman–Crippen LogP) is 5.30. The number of hydrogen-bond donors (Lipinski definition) is 1. The van der Waals surface area contributed by atoms with Gasteiger partial charge in [0.05, 0.1) is 19.3 Å². The molecule has 4 nitrogen and oxygen atoms in total. The Morgan fingerprint density at radius 3 is 2.23 bits per heavy atom. The minimum absolute atomic E-state index is 0.131. The summed E-state index contributed by atoms with van der Waals surface area (Å²) in [5.41, 5.74) is 4.95. The van der Waals surface area contributed by atoms with Gasteiger partial charge in [-0.25, -0.2) is 0 Å². The fraction of sp³-hybridized carbons (Fsp3) is 0.308. The van der Waals surface area contributed by atoms with Crippen LogP contribution in [0.15, 0.2) is 66.7 Å². The van der Waals surface area contributed by atoms with Crippen molar-refractivity contribution >= 4 is 0 Å². The van der Waals surface area contributed by atoms with E-state index >= 15 is 0 Å². The maximum atomic E-state index is 5.94. The van der Waals surface area contributed by atoms with Gasteiger partial charge in [0, 0.05) is 6.54 Å². The number of fused-ring (bicyclic) bond motifs is 1. The molecule has 156 valence electrons. The lowest BCUT2D eigenvalue weighted by Gasteiger charge is -2.29. The molecule has 0 saturated heterocycles. The van der Waals surface area contributed by atoms with E-state index in [4.69, 9.17) is 14.2 Å². The van der Waals surface area contributed by atoms with E-state index in [-0.39, 0.29) is 6.04 Å². The molecule has 0 saturated carbocycles. The Labute approximate surface area is 178 Å². The van der Waals surface area contributed by atoms with Crippen LogP contribution >= 0.6 is 0 Å². The molecule has 3 aromatic rings. The van der Waals surface area contributed by atoms with Crippen LogP contribution in [0.5, 0.6) is 17.2 Å². The third-order valence-electron chi connectivity index (χ3n) is 5.32. The largest absolute Gasteiger partial charge is 0.490 e. The van der Waals surface area contributed by atoms with Gasteiger partial charge in [0.15, 0.2) is 11.5 Å². The lowest BCUT2D eigenvalue weighted by atomic mass is 9.89. The van der Waals surface area contributed by atoms with Crippen molar-refractivity contribution in [3.05, 3.63) is 89.0 Å².